The Balaban J connectivity index is 3.05. The molecule has 0 amide bonds. The predicted molar refractivity (Wildman–Crippen MR) is 66.4 cm³/mol. The first kappa shape index (κ1) is 13.8. The summed E-state index contributed by atoms with van der Waals surface area (Å²) in [6.45, 7) is 4.86. The van der Waals surface area contributed by atoms with E-state index >= 15 is 0 Å². The van der Waals surface area contributed by atoms with E-state index in [0.717, 1.165) is 18.5 Å². The fourth-order valence-corrected chi connectivity index (χ4v) is 1.87. The van der Waals surface area contributed by atoms with Crippen LogP contribution in [0.15, 0.2) is 12.1 Å². The molecule has 0 saturated heterocycles. The van der Waals surface area contributed by atoms with Crippen molar-refractivity contribution in [1.29, 1.82) is 0 Å². The number of carbonyl (C=O) groups excluding carboxylic acids is 1. The SMILES string of the molecule is CCC(C)n1c(CCOC)ccc1C(=O)OC. The summed E-state index contributed by atoms with van der Waals surface area (Å²) in [5.41, 5.74) is 1.73. The van der Waals surface area contributed by atoms with E-state index in [9.17, 15) is 4.79 Å². The molecular formula is C13H21NO3. The van der Waals surface area contributed by atoms with Crippen LogP contribution in [0.4, 0.5) is 0 Å². The van der Waals surface area contributed by atoms with Gasteiger partial charge in [-0.1, -0.05) is 6.92 Å². The monoisotopic (exact) mass is 239 g/mol. The molecule has 1 aromatic rings. The molecular weight excluding hydrogens is 218 g/mol. The van der Waals surface area contributed by atoms with E-state index in [1.165, 1.54) is 7.11 Å². The average Bonchev–Trinajstić information content (AvgIpc) is 2.78. The van der Waals surface area contributed by atoms with Crippen LogP contribution >= 0.6 is 0 Å². The molecule has 0 N–H and O–H groups in total. The zero-order valence-electron chi connectivity index (χ0n) is 11.0. The largest absolute Gasteiger partial charge is 0.464 e. The summed E-state index contributed by atoms with van der Waals surface area (Å²) in [5.74, 6) is -0.283. The lowest BCUT2D eigenvalue weighted by atomic mass is 10.2. The molecule has 4 heteroatoms. The minimum Gasteiger partial charge on any atom is -0.464 e. The number of hydrogen-bond acceptors (Lipinski definition) is 3. The van der Waals surface area contributed by atoms with Gasteiger partial charge in [0.1, 0.15) is 5.69 Å². The molecule has 17 heavy (non-hydrogen) atoms. The minimum absolute atomic E-state index is 0.283. The maximum Gasteiger partial charge on any atom is 0.354 e. The molecule has 1 unspecified atom stereocenters. The van der Waals surface area contributed by atoms with Gasteiger partial charge in [-0.05, 0) is 25.5 Å². The smallest absolute Gasteiger partial charge is 0.354 e. The first-order valence-electron chi connectivity index (χ1n) is 5.93. The number of rotatable bonds is 6. The van der Waals surface area contributed by atoms with Gasteiger partial charge >= 0.3 is 5.97 Å². The number of hydrogen-bond donors (Lipinski definition) is 0. The van der Waals surface area contributed by atoms with Gasteiger partial charge < -0.3 is 14.0 Å². The number of methoxy groups -OCH3 is 2. The van der Waals surface area contributed by atoms with Gasteiger partial charge in [0.25, 0.3) is 0 Å². The Labute approximate surface area is 103 Å². The first-order chi connectivity index (χ1) is 8.15. The van der Waals surface area contributed by atoms with Gasteiger partial charge in [0.2, 0.25) is 0 Å². The zero-order valence-corrected chi connectivity index (χ0v) is 11.0. The number of aromatic nitrogens is 1. The summed E-state index contributed by atoms with van der Waals surface area (Å²) in [6, 6.07) is 4.08. The van der Waals surface area contributed by atoms with Gasteiger partial charge in [-0.25, -0.2) is 4.79 Å². The van der Waals surface area contributed by atoms with Gasteiger partial charge in [-0.15, -0.1) is 0 Å². The van der Waals surface area contributed by atoms with Gasteiger partial charge in [0.15, 0.2) is 0 Å². The van der Waals surface area contributed by atoms with E-state index in [2.05, 4.69) is 13.8 Å². The maximum atomic E-state index is 11.7. The molecule has 0 aliphatic heterocycles. The first-order valence-corrected chi connectivity index (χ1v) is 5.93. The van der Waals surface area contributed by atoms with Crippen molar-refractivity contribution in [3.8, 4) is 0 Å². The normalized spacial score (nSPS) is 12.5. The second-order valence-electron chi connectivity index (χ2n) is 4.07. The molecule has 1 aromatic heterocycles. The van der Waals surface area contributed by atoms with Crippen molar-refractivity contribution in [1.82, 2.24) is 4.57 Å². The highest BCUT2D eigenvalue weighted by Crippen LogP contribution is 2.20. The molecule has 0 radical (unpaired) electrons. The summed E-state index contributed by atoms with van der Waals surface area (Å²) < 4.78 is 11.9. The summed E-state index contributed by atoms with van der Waals surface area (Å²) in [4.78, 5) is 11.7. The third-order valence-electron chi connectivity index (χ3n) is 2.99. The van der Waals surface area contributed by atoms with E-state index in [4.69, 9.17) is 9.47 Å². The van der Waals surface area contributed by atoms with E-state index < -0.39 is 0 Å². The lowest BCUT2D eigenvalue weighted by Gasteiger charge is -2.18. The molecule has 0 spiro atoms. The summed E-state index contributed by atoms with van der Waals surface area (Å²) >= 11 is 0. The van der Waals surface area contributed by atoms with Crippen molar-refractivity contribution in [2.24, 2.45) is 0 Å². The predicted octanol–water partition coefficient (Wildman–Crippen LogP) is 2.43. The van der Waals surface area contributed by atoms with Gasteiger partial charge in [-0.3, -0.25) is 0 Å². The van der Waals surface area contributed by atoms with Crippen LogP contribution in [0.25, 0.3) is 0 Å². The lowest BCUT2D eigenvalue weighted by Crippen LogP contribution is -2.16. The van der Waals surface area contributed by atoms with Gasteiger partial charge in [0.05, 0.1) is 13.7 Å². The van der Waals surface area contributed by atoms with Gasteiger partial charge in [-0.2, -0.15) is 0 Å². The number of nitrogens with zero attached hydrogens (tertiary/aromatic N) is 1. The summed E-state index contributed by atoms with van der Waals surface area (Å²) in [5, 5.41) is 0. The molecule has 4 nitrogen and oxygen atoms in total. The fourth-order valence-electron chi connectivity index (χ4n) is 1.87. The molecule has 96 valence electrons. The second kappa shape index (κ2) is 6.45. The number of carbonyl (C=O) groups is 1. The lowest BCUT2D eigenvalue weighted by molar-refractivity contribution is 0.0585. The van der Waals surface area contributed by atoms with Gasteiger partial charge in [0, 0.05) is 25.3 Å². The zero-order chi connectivity index (χ0) is 12.8. The topological polar surface area (TPSA) is 40.5 Å². The van der Waals surface area contributed by atoms with Crippen LogP contribution in [0.2, 0.25) is 0 Å². The molecule has 1 heterocycles. The fraction of sp³-hybridized carbons (Fsp3) is 0.615. The van der Waals surface area contributed by atoms with Crippen LogP contribution in [0.1, 0.15) is 42.5 Å². The Morgan fingerprint density at radius 1 is 1.41 bits per heavy atom. The Bertz CT molecular complexity index is 371. The van der Waals surface area contributed by atoms with Crippen molar-refractivity contribution in [2.75, 3.05) is 20.8 Å². The van der Waals surface area contributed by atoms with Crippen molar-refractivity contribution in [3.63, 3.8) is 0 Å². The third-order valence-corrected chi connectivity index (χ3v) is 2.99. The standard InChI is InChI=1S/C13H21NO3/c1-5-10(2)14-11(8-9-16-3)6-7-12(14)13(15)17-4/h6-7,10H,5,8-9H2,1-4H3. The van der Waals surface area contributed by atoms with Crippen LogP contribution in [0.3, 0.4) is 0 Å². The molecule has 0 aliphatic carbocycles. The van der Waals surface area contributed by atoms with Crippen LogP contribution < -0.4 is 0 Å². The van der Waals surface area contributed by atoms with Crippen LogP contribution in [0, 0.1) is 0 Å². The molecule has 1 atom stereocenters. The molecule has 0 aliphatic rings. The minimum atomic E-state index is -0.283. The number of esters is 1. The van der Waals surface area contributed by atoms with E-state index in [0.29, 0.717) is 12.3 Å². The molecule has 0 saturated carbocycles. The van der Waals surface area contributed by atoms with Crippen molar-refractivity contribution in [3.05, 3.63) is 23.5 Å². The maximum absolute atomic E-state index is 11.7. The van der Waals surface area contributed by atoms with Crippen LogP contribution in [0.5, 0.6) is 0 Å². The third kappa shape index (κ3) is 3.09. The molecule has 1 rings (SSSR count). The molecule has 0 bridgehead atoms. The Hall–Kier alpha value is -1.29. The highest BCUT2D eigenvalue weighted by molar-refractivity contribution is 5.87. The van der Waals surface area contributed by atoms with E-state index in [1.54, 1.807) is 7.11 Å². The molecule has 0 aromatic carbocycles. The highest BCUT2D eigenvalue weighted by Gasteiger charge is 2.18. The average molecular weight is 239 g/mol. The Morgan fingerprint density at radius 3 is 2.65 bits per heavy atom. The van der Waals surface area contributed by atoms with Crippen molar-refractivity contribution >= 4 is 5.97 Å². The van der Waals surface area contributed by atoms with Crippen LogP contribution in [-0.4, -0.2) is 31.4 Å². The van der Waals surface area contributed by atoms with Crippen molar-refractivity contribution < 1.29 is 14.3 Å². The highest BCUT2D eigenvalue weighted by atomic mass is 16.5. The Morgan fingerprint density at radius 2 is 2.12 bits per heavy atom. The summed E-state index contributed by atoms with van der Waals surface area (Å²) in [6.07, 6.45) is 1.77. The van der Waals surface area contributed by atoms with Crippen molar-refractivity contribution in [2.45, 2.75) is 32.7 Å². The quantitative estimate of drug-likeness (QED) is 0.716. The second-order valence-corrected chi connectivity index (χ2v) is 4.07. The summed E-state index contributed by atoms with van der Waals surface area (Å²) in [7, 11) is 3.09. The Kier molecular flexibility index (Phi) is 5.22. The van der Waals surface area contributed by atoms with Crippen LogP contribution in [-0.2, 0) is 15.9 Å². The number of ether oxygens (including phenoxy) is 2. The van der Waals surface area contributed by atoms with E-state index in [1.807, 2.05) is 16.7 Å². The van der Waals surface area contributed by atoms with E-state index in [-0.39, 0.29) is 12.0 Å². The molecule has 0 fully saturated rings.